The lowest BCUT2D eigenvalue weighted by molar-refractivity contribution is -0.114. The van der Waals surface area contributed by atoms with Crippen LogP contribution in [-0.2, 0) is 9.59 Å². The maximum absolute atomic E-state index is 13.0. The molecule has 2 aromatic carbocycles. The van der Waals surface area contributed by atoms with Crippen LogP contribution in [0.2, 0.25) is 0 Å². The number of amides is 2. The molecule has 0 atom stereocenters. The Labute approximate surface area is 131 Å². The highest BCUT2D eigenvalue weighted by atomic mass is 19.1. The number of halogens is 2. The normalized spacial score (nSPS) is 10.6. The Morgan fingerprint density at radius 2 is 1.52 bits per heavy atom. The Bertz CT molecular complexity index is 735. The van der Waals surface area contributed by atoms with Crippen molar-refractivity contribution in [1.82, 2.24) is 0 Å². The van der Waals surface area contributed by atoms with Gasteiger partial charge in [0.2, 0.25) is 11.8 Å². The molecule has 0 saturated heterocycles. The Kier molecular flexibility index (Phi) is 5.19. The molecule has 0 radical (unpaired) electrons. The fourth-order valence-electron chi connectivity index (χ4n) is 1.86. The second-order valence-electron chi connectivity index (χ2n) is 4.78. The van der Waals surface area contributed by atoms with Crippen LogP contribution in [0.25, 0.3) is 6.08 Å². The van der Waals surface area contributed by atoms with Crippen molar-refractivity contribution in [3.05, 3.63) is 65.7 Å². The first-order chi connectivity index (χ1) is 10.9. The Morgan fingerprint density at radius 3 is 2.09 bits per heavy atom. The topological polar surface area (TPSA) is 58.2 Å². The van der Waals surface area contributed by atoms with Gasteiger partial charge in [-0.15, -0.1) is 0 Å². The van der Waals surface area contributed by atoms with Crippen LogP contribution in [0.4, 0.5) is 20.2 Å². The average Bonchev–Trinajstić information content (AvgIpc) is 2.45. The molecule has 118 valence electrons. The first-order valence-corrected chi connectivity index (χ1v) is 6.75. The average molecular weight is 316 g/mol. The van der Waals surface area contributed by atoms with Crippen LogP contribution in [0.15, 0.2) is 48.5 Å². The van der Waals surface area contributed by atoms with Gasteiger partial charge in [-0.1, -0.05) is 12.1 Å². The van der Waals surface area contributed by atoms with E-state index in [9.17, 15) is 18.4 Å². The minimum absolute atomic E-state index is 0.0400. The van der Waals surface area contributed by atoms with E-state index in [2.05, 4.69) is 10.6 Å². The van der Waals surface area contributed by atoms with Crippen molar-refractivity contribution in [3.63, 3.8) is 0 Å². The van der Waals surface area contributed by atoms with Gasteiger partial charge in [0, 0.05) is 30.4 Å². The summed E-state index contributed by atoms with van der Waals surface area (Å²) in [6, 6.07) is 9.60. The standard InChI is InChI=1S/C17H14F2N2O2/c1-11(22)20-15-5-2-12(3-6-15)4-7-17(23)21-16-9-13(18)8-14(19)10-16/h2-10H,1H3,(H,20,22)(H,21,23)/b7-4+. The van der Waals surface area contributed by atoms with Crippen molar-refractivity contribution in [3.8, 4) is 0 Å². The quantitative estimate of drug-likeness (QED) is 0.847. The molecule has 2 aromatic rings. The Balaban J connectivity index is 1.99. The van der Waals surface area contributed by atoms with Gasteiger partial charge in [-0.3, -0.25) is 9.59 Å². The predicted molar refractivity (Wildman–Crippen MR) is 84.8 cm³/mol. The van der Waals surface area contributed by atoms with Gasteiger partial charge in [0.15, 0.2) is 0 Å². The fourth-order valence-corrected chi connectivity index (χ4v) is 1.86. The van der Waals surface area contributed by atoms with Crippen LogP contribution >= 0.6 is 0 Å². The zero-order valence-electron chi connectivity index (χ0n) is 12.3. The molecule has 2 amide bonds. The number of benzene rings is 2. The lowest BCUT2D eigenvalue weighted by Gasteiger charge is -2.03. The third-order valence-electron chi connectivity index (χ3n) is 2.79. The molecule has 0 aromatic heterocycles. The third kappa shape index (κ3) is 5.35. The maximum Gasteiger partial charge on any atom is 0.248 e. The van der Waals surface area contributed by atoms with Crippen molar-refractivity contribution >= 4 is 29.3 Å². The minimum atomic E-state index is -0.766. The molecular formula is C17H14F2N2O2. The lowest BCUT2D eigenvalue weighted by atomic mass is 10.2. The number of hydrogen-bond acceptors (Lipinski definition) is 2. The number of anilines is 2. The SMILES string of the molecule is CC(=O)Nc1ccc(/C=C/C(=O)Nc2cc(F)cc(F)c2)cc1. The molecule has 0 saturated carbocycles. The van der Waals surface area contributed by atoms with E-state index in [1.165, 1.54) is 13.0 Å². The largest absolute Gasteiger partial charge is 0.326 e. The van der Waals surface area contributed by atoms with Gasteiger partial charge in [-0.2, -0.15) is 0 Å². The molecule has 0 aliphatic carbocycles. The summed E-state index contributed by atoms with van der Waals surface area (Å²) in [6.45, 7) is 1.41. The molecule has 6 heteroatoms. The predicted octanol–water partition coefficient (Wildman–Crippen LogP) is 3.58. The second kappa shape index (κ2) is 7.31. The van der Waals surface area contributed by atoms with Gasteiger partial charge < -0.3 is 10.6 Å². The Hall–Kier alpha value is -3.02. The van der Waals surface area contributed by atoms with E-state index in [4.69, 9.17) is 0 Å². The number of rotatable bonds is 4. The molecular weight excluding hydrogens is 302 g/mol. The summed E-state index contributed by atoms with van der Waals surface area (Å²) in [5.41, 5.74) is 1.42. The van der Waals surface area contributed by atoms with E-state index < -0.39 is 17.5 Å². The van der Waals surface area contributed by atoms with E-state index in [0.29, 0.717) is 5.69 Å². The highest BCUT2D eigenvalue weighted by Crippen LogP contribution is 2.14. The van der Waals surface area contributed by atoms with Crippen molar-refractivity contribution in [2.24, 2.45) is 0 Å². The maximum atomic E-state index is 13.0. The molecule has 2 N–H and O–H groups in total. The van der Waals surface area contributed by atoms with Crippen molar-refractivity contribution < 1.29 is 18.4 Å². The van der Waals surface area contributed by atoms with E-state index in [1.54, 1.807) is 30.3 Å². The molecule has 0 spiro atoms. The molecule has 2 rings (SSSR count). The lowest BCUT2D eigenvalue weighted by Crippen LogP contribution is -2.08. The second-order valence-corrected chi connectivity index (χ2v) is 4.78. The third-order valence-corrected chi connectivity index (χ3v) is 2.79. The van der Waals surface area contributed by atoms with Gasteiger partial charge in [0.1, 0.15) is 11.6 Å². The number of hydrogen-bond donors (Lipinski definition) is 2. The van der Waals surface area contributed by atoms with Crippen LogP contribution in [-0.4, -0.2) is 11.8 Å². The monoisotopic (exact) mass is 316 g/mol. The minimum Gasteiger partial charge on any atom is -0.326 e. The summed E-state index contributed by atoms with van der Waals surface area (Å²) in [4.78, 5) is 22.6. The summed E-state index contributed by atoms with van der Waals surface area (Å²) >= 11 is 0. The summed E-state index contributed by atoms with van der Waals surface area (Å²) in [7, 11) is 0. The van der Waals surface area contributed by atoms with Gasteiger partial charge in [0.05, 0.1) is 0 Å². The Morgan fingerprint density at radius 1 is 0.913 bits per heavy atom. The van der Waals surface area contributed by atoms with Crippen LogP contribution in [0.1, 0.15) is 12.5 Å². The highest BCUT2D eigenvalue weighted by molar-refractivity contribution is 6.02. The first kappa shape index (κ1) is 16.4. The zero-order valence-corrected chi connectivity index (χ0v) is 12.3. The molecule has 0 bridgehead atoms. The van der Waals surface area contributed by atoms with Gasteiger partial charge in [-0.05, 0) is 35.9 Å². The zero-order chi connectivity index (χ0) is 16.8. The summed E-state index contributed by atoms with van der Waals surface area (Å²) in [6.07, 6.45) is 2.79. The summed E-state index contributed by atoms with van der Waals surface area (Å²) in [5, 5.41) is 5.00. The van der Waals surface area contributed by atoms with Crippen molar-refractivity contribution in [1.29, 1.82) is 0 Å². The molecule has 4 nitrogen and oxygen atoms in total. The van der Waals surface area contributed by atoms with Crippen LogP contribution in [0.5, 0.6) is 0 Å². The molecule has 0 heterocycles. The number of carbonyl (C=O) groups is 2. The first-order valence-electron chi connectivity index (χ1n) is 6.75. The molecule has 0 fully saturated rings. The van der Waals surface area contributed by atoms with E-state index >= 15 is 0 Å². The van der Waals surface area contributed by atoms with E-state index in [-0.39, 0.29) is 11.6 Å². The van der Waals surface area contributed by atoms with Crippen LogP contribution in [0, 0.1) is 11.6 Å². The molecule has 23 heavy (non-hydrogen) atoms. The molecule has 0 unspecified atom stereocenters. The number of nitrogens with one attached hydrogen (secondary N) is 2. The van der Waals surface area contributed by atoms with E-state index in [0.717, 1.165) is 23.8 Å². The van der Waals surface area contributed by atoms with Crippen LogP contribution in [0.3, 0.4) is 0 Å². The van der Waals surface area contributed by atoms with Gasteiger partial charge in [0.25, 0.3) is 0 Å². The van der Waals surface area contributed by atoms with Crippen molar-refractivity contribution in [2.45, 2.75) is 6.92 Å². The number of carbonyl (C=O) groups excluding carboxylic acids is 2. The molecule has 0 aliphatic rings. The highest BCUT2D eigenvalue weighted by Gasteiger charge is 2.03. The summed E-state index contributed by atoms with van der Waals surface area (Å²) < 4.78 is 26.0. The summed E-state index contributed by atoms with van der Waals surface area (Å²) in [5.74, 6) is -2.22. The van der Waals surface area contributed by atoms with Gasteiger partial charge >= 0.3 is 0 Å². The molecule has 0 aliphatic heterocycles. The fraction of sp³-hybridized carbons (Fsp3) is 0.0588. The van der Waals surface area contributed by atoms with Crippen LogP contribution < -0.4 is 10.6 Å². The van der Waals surface area contributed by atoms with E-state index in [1.807, 2.05) is 0 Å². The van der Waals surface area contributed by atoms with Gasteiger partial charge in [-0.25, -0.2) is 8.78 Å². The van der Waals surface area contributed by atoms with Crippen molar-refractivity contribution in [2.75, 3.05) is 10.6 Å². The smallest absolute Gasteiger partial charge is 0.248 e.